The summed E-state index contributed by atoms with van der Waals surface area (Å²) >= 11 is 0. The molecule has 0 aromatic carbocycles. The van der Waals surface area contributed by atoms with E-state index in [4.69, 9.17) is 0 Å². The number of nitrogens with one attached hydrogen (secondary N) is 2. The molecule has 0 spiro atoms. The molecule has 1 atom stereocenters. The Labute approximate surface area is 75.5 Å². The van der Waals surface area contributed by atoms with Crippen LogP contribution in [0.5, 0.6) is 0 Å². The first-order valence-corrected chi connectivity index (χ1v) is 4.88. The SMILES string of the molecule is CN(C)CCC1CNCCCN1. The second-order valence-corrected chi connectivity index (χ2v) is 3.80. The van der Waals surface area contributed by atoms with Gasteiger partial charge in [0.1, 0.15) is 0 Å². The Morgan fingerprint density at radius 2 is 2.17 bits per heavy atom. The minimum atomic E-state index is 0.676. The standard InChI is InChI=1S/C9H21N3/c1-12(2)7-4-9-8-10-5-3-6-11-9/h9-11H,3-8H2,1-2H3. The van der Waals surface area contributed by atoms with Crippen molar-refractivity contribution in [3.8, 4) is 0 Å². The van der Waals surface area contributed by atoms with Crippen LogP contribution < -0.4 is 10.6 Å². The van der Waals surface area contributed by atoms with Crippen LogP contribution in [0.4, 0.5) is 0 Å². The lowest BCUT2D eigenvalue weighted by molar-refractivity contribution is 0.360. The summed E-state index contributed by atoms with van der Waals surface area (Å²) in [7, 11) is 4.26. The summed E-state index contributed by atoms with van der Waals surface area (Å²) in [5.41, 5.74) is 0. The van der Waals surface area contributed by atoms with E-state index in [0.29, 0.717) is 6.04 Å². The lowest BCUT2D eigenvalue weighted by Gasteiger charge is -2.18. The highest BCUT2D eigenvalue weighted by Crippen LogP contribution is 1.95. The Morgan fingerprint density at radius 1 is 1.33 bits per heavy atom. The van der Waals surface area contributed by atoms with Crippen LogP contribution in [0.2, 0.25) is 0 Å². The van der Waals surface area contributed by atoms with Crippen LogP contribution in [0, 0.1) is 0 Å². The first-order valence-electron chi connectivity index (χ1n) is 4.88. The Bertz CT molecular complexity index is 106. The van der Waals surface area contributed by atoms with Gasteiger partial charge in [-0.15, -0.1) is 0 Å². The number of nitrogens with zero attached hydrogens (tertiary/aromatic N) is 1. The minimum Gasteiger partial charge on any atom is -0.315 e. The molecule has 72 valence electrons. The van der Waals surface area contributed by atoms with Crippen molar-refractivity contribution in [3.63, 3.8) is 0 Å². The maximum absolute atomic E-state index is 3.55. The van der Waals surface area contributed by atoms with Gasteiger partial charge in [0.05, 0.1) is 0 Å². The number of hydrogen-bond donors (Lipinski definition) is 2. The molecular formula is C9H21N3. The molecule has 1 saturated heterocycles. The van der Waals surface area contributed by atoms with Gasteiger partial charge in [-0.3, -0.25) is 0 Å². The van der Waals surface area contributed by atoms with Crippen molar-refractivity contribution in [1.82, 2.24) is 15.5 Å². The lowest BCUT2D eigenvalue weighted by atomic mass is 10.2. The van der Waals surface area contributed by atoms with Crippen LogP contribution >= 0.6 is 0 Å². The van der Waals surface area contributed by atoms with E-state index in [-0.39, 0.29) is 0 Å². The van der Waals surface area contributed by atoms with Gasteiger partial charge in [0.25, 0.3) is 0 Å². The Kier molecular flexibility index (Phi) is 4.58. The van der Waals surface area contributed by atoms with Crippen molar-refractivity contribution in [2.75, 3.05) is 40.3 Å². The van der Waals surface area contributed by atoms with E-state index in [2.05, 4.69) is 29.6 Å². The summed E-state index contributed by atoms with van der Waals surface area (Å²) in [4.78, 5) is 2.24. The molecule has 3 heteroatoms. The van der Waals surface area contributed by atoms with Gasteiger partial charge in [0.2, 0.25) is 0 Å². The molecule has 1 unspecified atom stereocenters. The largest absolute Gasteiger partial charge is 0.315 e. The summed E-state index contributed by atoms with van der Waals surface area (Å²) < 4.78 is 0. The molecule has 0 radical (unpaired) electrons. The predicted molar refractivity (Wildman–Crippen MR) is 52.4 cm³/mol. The normalized spacial score (nSPS) is 25.8. The summed E-state index contributed by atoms with van der Waals surface area (Å²) in [6, 6.07) is 0.676. The molecule has 1 heterocycles. The van der Waals surface area contributed by atoms with Crippen molar-refractivity contribution in [3.05, 3.63) is 0 Å². The summed E-state index contributed by atoms with van der Waals surface area (Å²) in [5, 5.41) is 6.99. The van der Waals surface area contributed by atoms with E-state index < -0.39 is 0 Å². The molecule has 0 bridgehead atoms. The summed E-state index contributed by atoms with van der Waals surface area (Å²) in [5.74, 6) is 0. The highest BCUT2D eigenvalue weighted by atomic mass is 15.1. The fourth-order valence-corrected chi connectivity index (χ4v) is 1.49. The van der Waals surface area contributed by atoms with E-state index in [9.17, 15) is 0 Å². The maximum atomic E-state index is 3.55. The molecule has 1 aliphatic rings. The number of rotatable bonds is 3. The van der Waals surface area contributed by atoms with E-state index in [1.165, 1.54) is 32.5 Å². The molecule has 0 amide bonds. The zero-order valence-corrected chi connectivity index (χ0v) is 8.27. The van der Waals surface area contributed by atoms with Crippen LogP contribution in [0.15, 0.2) is 0 Å². The van der Waals surface area contributed by atoms with Crippen molar-refractivity contribution in [1.29, 1.82) is 0 Å². The van der Waals surface area contributed by atoms with Crippen LogP contribution in [0.1, 0.15) is 12.8 Å². The zero-order valence-electron chi connectivity index (χ0n) is 8.27. The Morgan fingerprint density at radius 3 is 2.92 bits per heavy atom. The van der Waals surface area contributed by atoms with Gasteiger partial charge in [0, 0.05) is 12.6 Å². The zero-order chi connectivity index (χ0) is 8.81. The Hall–Kier alpha value is -0.120. The average Bonchev–Trinajstić information content (AvgIpc) is 2.28. The molecule has 1 fully saturated rings. The first kappa shape index (κ1) is 9.96. The lowest BCUT2D eigenvalue weighted by Crippen LogP contribution is -2.37. The van der Waals surface area contributed by atoms with E-state index in [1.807, 2.05) is 0 Å². The molecule has 3 nitrogen and oxygen atoms in total. The van der Waals surface area contributed by atoms with Gasteiger partial charge in [0.15, 0.2) is 0 Å². The van der Waals surface area contributed by atoms with Gasteiger partial charge < -0.3 is 15.5 Å². The van der Waals surface area contributed by atoms with E-state index in [1.54, 1.807) is 0 Å². The molecule has 2 N–H and O–H groups in total. The van der Waals surface area contributed by atoms with Crippen molar-refractivity contribution >= 4 is 0 Å². The topological polar surface area (TPSA) is 27.3 Å². The second-order valence-electron chi connectivity index (χ2n) is 3.80. The quantitative estimate of drug-likeness (QED) is 0.620. The van der Waals surface area contributed by atoms with Crippen LogP contribution in [0.25, 0.3) is 0 Å². The maximum Gasteiger partial charge on any atom is 0.0204 e. The number of hydrogen-bond acceptors (Lipinski definition) is 3. The highest BCUT2D eigenvalue weighted by Gasteiger charge is 2.09. The van der Waals surface area contributed by atoms with Gasteiger partial charge in [-0.1, -0.05) is 0 Å². The van der Waals surface area contributed by atoms with Gasteiger partial charge in [-0.05, 0) is 46.6 Å². The highest BCUT2D eigenvalue weighted by molar-refractivity contribution is 4.74. The smallest absolute Gasteiger partial charge is 0.0204 e. The molecule has 0 aromatic heterocycles. The Balaban J connectivity index is 2.12. The summed E-state index contributed by atoms with van der Waals surface area (Å²) in [6.45, 7) is 4.66. The molecular weight excluding hydrogens is 150 g/mol. The molecule has 0 saturated carbocycles. The average molecular weight is 171 g/mol. The molecule has 0 aromatic rings. The predicted octanol–water partition coefficient (Wildman–Crippen LogP) is -0.110. The first-order chi connectivity index (χ1) is 5.79. The van der Waals surface area contributed by atoms with E-state index in [0.717, 1.165) is 6.54 Å². The minimum absolute atomic E-state index is 0.676. The van der Waals surface area contributed by atoms with Crippen LogP contribution in [-0.2, 0) is 0 Å². The van der Waals surface area contributed by atoms with Crippen molar-refractivity contribution in [2.45, 2.75) is 18.9 Å². The molecule has 1 rings (SSSR count). The molecule has 0 aliphatic carbocycles. The second kappa shape index (κ2) is 5.51. The van der Waals surface area contributed by atoms with Crippen LogP contribution in [0.3, 0.4) is 0 Å². The monoisotopic (exact) mass is 171 g/mol. The van der Waals surface area contributed by atoms with Gasteiger partial charge in [-0.2, -0.15) is 0 Å². The molecule has 1 aliphatic heterocycles. The third-order valence-electron chi connectivity index (χ3n) is 2.28. The molecule has 12 heavy (non-hydrogen) atoms. The van der Waals surface area contributed by atoms with Crippen molar-refractivity contribution < 1.29 is 0 Å². The summed E-state index contributed by atoms with van der Waals surface area (Å²) in [6.07, 6.45) is 2.51. The van der Waals surface area contributed by atoms with Gasteiger partial charge >= 0.3 is 0 Å². The fourth-order valence-electron chi connectivity index (χ4n) is 1.49. The third-order valence-corrected chi connectivity index (χ3v) is 2.28. The third kappa shape index (κ3) is 4.04. The van der Waals surface area contributed by atoms with Crippen LogP contribution in [-0.4, -0.2) is 51.2 Å². The van der Waals surface area contributed by atoms with E-state index >= 15 is 0 Å². The fraction of sp³-hybridized carbons (Fsp3) is 1.00. The van der Waals surface area contributed by atoms with Crippen molar-refractivity contribution in [2.24, 2.45) is 0 Å². The van der Waals surface area contributed by atoms with Gasteiger partial charge in [-0.25, -0.2) is 0 Å².